The molecule has 1 aliphatic rings. The number of nitrogens with zero attached hydrogens (tertiary/aromatic N) is 2. The van der Waals surface area contributed by atoms with E-state index < -0.39 is 0 Å². The molecule has 0 saturated carbocycles. The van der Waals surface area contributed by atoms with Crippen LogP contribution in [0.25, 0.3) is 0 Å². The maximum absolute atomic E-state index is 4.03. The van der Waals surface area contributed by atoms with Crippen LogP contribution in [0.3, 0.4) is 0 Å². The van der Waals surface area contributed by atoms with Crippen molar-refractivity contribution in [2.75, 3.05) is 31.6 Å². The molecule has 1 aliphatic heterocycles. The van der Waals surface area contributed by atoms with Crippen molar-refractivity contribution in [3.63, 3.8) is 0 Å². The van der Waals surface area contributed by atoms with Crippen LogP contribution < -0.4 is 10.2 Å². The van der Waals surface area contributed by atoms with E-state index in [0.29, 0.717) is 0 Å². The molecule has 0 spiro atoms. The summed E-state index contributed by atoms with van der Waals surface area (Å²) < 4.78 is 0. The van der Waals surface area contributed by atoms with E-state index in [1.165, 1.54) is 25.2 Å². The molecule has 2 rings (SSSR count). The van der Waals surface area contributed by atoms with Crippen LogP contribution >= 0.6 is 0 Å². The van der Waals surface area contributed by atoms with Gasteiger partial charge in [-0.1, -0.05) is 0 Å². The SMILES string of the molecule is CNCC1CCN(c2ccncc2)C1. The fourth-order valence-corrected chi connectivity index (χ4v) is 2.08. The Hall–Kier alpha value is -1.09. The second kappa shape index (κ2) is 4.42. The molecule has 1 N–H and O–H groups in total. The van der Waals surface area contributed by atoms with Gasteiger partial charge in [-0.25, -0.2) is 0 Å². The van der Waals surface area contributed by atoms with E-state index in [4.69, 9.17) is 0 Å². The van der Waals surface area contributed by atoms with Gasteiger partial charge in [-0.2, -0.15) is 0 Å². The zero-order valence-corrected chi connectivity index (χ0v) is 8.61. The zero-order valence-electron chi connectivity index (χ0n) is 8.61. The van der Waals surface area contributed by atoms with E-state index in [1.807, 2.05) is 19.4 Å². The summed E-state index contributed by atoms with van der Waals surface area (Å²) in [5.41, 5.74) is 1.30. The molecule has 0 aromatic carbocycles. The Kier molecular flexibility index (Phi) is 2.99. The molecule has 1 fully saturated rings. The third kappa shape index (κ3) is 2.04. The van der Waals surface area contributed by atoms with Gasteiger partial charge in [0.15, 0.2) is 0 Å². The lowest BCUT2D eigenvalue weighted by molar-refractivity contribution is 0.549. The number of hydrogen-bond donors (Lipinski definition) is 1. The van der Waals surface area contributed by atoms with Crippen molar-refractivity contribution < 1.29 is 0 Å². The van der Waals surface area contributed by atoms with Crippen LogP contribution in [0.5, 0.6) is 0 Å². The van der Waals surface area contributed by atoms with Crippen LogP contribution in [0.2, 0.25) is 0 Å². The average Bonchev–Trinajstić information content (AvgIpc) is 2.68. The van der Waals surface area contributed by atoms with Crippen LogP contribution in [0.1, 0.15) is 6.42 Å². The fraction of sp³-hybridized carbons (Fsp3) is 0.545. The average molecular weight is 191 g/mol. The first-order valence-electron chi connectivity index (χ1n) is 5.19. The minimum absolute atomic E-state index is 0.799. The monoisotopic (exact) mass is 191 g/mol. The summed E-state index contributed by atoms with van der Waals surface area (Å²) in [6.07, 6.45) is 5.02. The molecule has 1 aromatic rings. The smallest absolute Gasteiger partial charge is 0.0397 e. The van der Waals surface area contributed by atoms with E-state index in [9.17, 15) is 0 Å². The first-order valence-corrected chi connectivity index (χ1v) is 5.19. The lowest BCUT2D eigenvalue weighted by atomic mass is 10.1. The largest absolute Gasteiger partial charge is 0.371 e. The predicted octanol–water partition coefficient (Wildman–Crippen LogP) is 1.13. The Morgan fingerprint density at radius 3 is 3.00 bits per heavy atom. The summed E-state index contributed by atoms with van der Waals surface area (Å²) >= 11 is 0. The van der Waals surface area contributed by atoms with Crippen molar-refractivity contribution in [1.29, 1.82) is 0 Å². The molecule has 1 unspecified atom stereocenters. The van der Waals surface area contributed by atoms with Gasteiger partial charge in [0.2, 0.25) is 0 Å². The van der Waals surface area contributed by atoms with Crippen LogP contribution in [0, 0.1) is 5.92 Å². The molecular weight excluding hydrogens is 174 g/mol. The Bertz CT molecular complexity index is 273. The molecule has 2 heterocycles. The maximum atomic E-state index is 4.03. The van der Waals surface area contributed by atoms with Crippen LogP contribution in [-0.2, 0) is 0 Å². The van der Waals surface area contributed by atoms with Crippen molar-refractivity contribution in [1.82, 2.24) is 10.3 Å². The third-order valence-electron chi connectivity index (χ3n) is 2.81. The summed E-state index contributed by atoms with van der Waals surface area (Å²) in [6, 6.07) is 4.17. The number of rotatable bonds is 3. The molecule has 76 valence electrons. The lowest BCUT2D eigenvalue weighted by Gasteiger charge is -2.18. The molecule has 0 amide bonds. The van der Waals surface area contributed by atoms with Crippen molar-refractivity contribution in [2.24, 2.45) is 5.92 Å². The minimum atomic E-state index is 0.799. The highest BCUT2D eigenvalue weighted by molar-refractivity contribution is 5.45. The quantitative estimate of drug-likeness (QED) is 0.776. The van der Waals surface area contributed by atoms with E-state index in [-0.39, 0.29) is 0 Å². The molecule has 0 radical (unpaired) electrons. The molecule has 0 bridgehead atoms. The molecule has 3 heteroatoms. The first-order chi connectivity index (χ1) is 6.90. The van der Waals surface area contributed by atoms with E-state index in [0.717, 1.165) is 12.5 Å². The normalized spacial score (nSPS) is 21.5. The summed E-state index contributed by atoms with van der Waals surface area (Å²) in [5.74, 6) is 0.799. The van der Waals surface area contributed by atoms with Gasteiger partial charge in [0, 0.05) is 31.2 Å². The van der Waals surface area contributed by atoms with Crippen molar-refractivity contribution in [3.05, 3.63) is 24.5 Å². The maximum Gasteiger partial charge on any atom is 0.0397 e. The molecule has 14 heavy (non-hydrogen) atoms. The minimum Gasteiger partial charge on any atom is -0.371 e. The van der Waals surface area contributed by atoms with E-state index in [2.05, 4.69) is 27.3 Å². The van der Waals surface area contributed by atoms with Gasteiger partial charge in [-0.3, -0.25) is 4.98 Å². The van der Waals surface area contributed by atoms with Crippen LogP contribution in [0.4, 0.5) is 5.69 Å². The molecular formula is C11H17N3. The molecule has 0 aliphatic carbocycles. The molecule has 1 atom stereocenters. The number of aromatic nitrogens is 1. The van der Waals surface area contributed by atoms with Gasteiger partial charge < -0.3 is 10.2 Å². The number of hydrogen-bond acceptors (Lipinski definition) is 3. The number of pyridine rings is 1. The van der Waals surface area contributed by atoms with E-state index in [1.54, 1.807) is 0 Å². The van der Waals surface area contributed by atoms with Gasteiger partial charge >= 0.3 is 0 Å². The van der Waals surface area contributed by atoms with Gasteiger partial charge in [0.1, 0.15) is 0 Å². The second-order valence-corrected chi connectivity index (χ2v) is 3.86. The Morgan fingerprint density at radius 2 is 2.29 bits per heavy atom. The summed E-state index contributed by atoms with van der Waals surface area (Å²) in [6.45, 7) is 3.47. The Morgan fingerprint density at radius 1 is 1.50 bits per heavy atom. The van der Waals surface area contributed by atoms with Crippen LogP contribution in [0.15, 0.2) is 24.5 Å². The standard InChI is InChI=1S/C11H17N3/c1-12-8-10-4-7-14(9-10)11-2-5-13-6-3-11/h2-3,5-6,10,12H,4,7-9H2,1H3. The van der Waals surface area contributed by atoms with Gasteiger partial charge in [0.05, 0.1) is 0 Å². The van der Waals surface area contributed by atoms with Gasteiger partial charge in [-0.15, -0.1) is 0 Å². The first kappa shape index (κ1) is 9.46. The van der Waals surface area contributed by atoms with Crippen molar-refractivity contribution in [3.8, 4) is 0 Å². The number of anilines is 1. The highest BCUT2D eigenvalue weighted by Gasteiger charge is 2.21. The van der Waals surface area contributed by atoms with Gasteiger partial charge in [0.25, 0.3) is 0 Å². The topological polar surface area (TPSA) is 28.2 Å². The fourth-order valence-electron chi connectivity index (χ4n) is 2.08. The predicted molar refractivity (Wildman–Crippen MR) is 58.5 cm³/mol. The van der Waals surface area contributed by atoms with Crippen LogP contribution in [-0.4, -0.2) is 31.7 Å². The summed E-state index contributed by atoms with van der Waals surface area (Å²) in [4.78, 5) is 6.47. The van der Waals surface area contributed by atoms with Gasteiger partial charge in [-0.05, 0) is 38.1 Å². The lowest BCUT2D eigenvalue weighted by Crippen LogP contribution is -2.24. The van der Waals surface area contributed by atoms with Crippen molar-refractivity contribution >= 4 is 5.69 Å². The highest BCUT2D eigenvalue weighted by atomic mass is 15.2. The van der Waals surface area contributed by atoms with E-state index >= 15 is 0 Å². The molecule has 3 nitrogen and oxygen atoms in total. The third-order valence-corrected chi connectivity index (χ3v) is 2.81. The summed E-state index contributed by atoms with van der Waals surface area (Å²) in [7, 11) is 2.02. The van der Waals surface area contributed by atoms with Crippen molar-refractivity contribution in [2.45, 2.75) is 6.42 Å². The Labute approximate surface area is 85.1 Å². The number of nitrogens with one attached hydrogen (secondary N) is 1. The summed E-state index contributed by atoms with van der Waals surface area (Å²) in [5, 5.41) is 3.24. The molecule has 1 saturated heterocycles. The zero-order chi connectivity index (χ0) is 9.80. The highest BCUT2D eigenvalue weighted by Crippen LogP contribution is 2.22. The second-order valence-electron chi connectivity index (χ2n) is 3.86. The Balaban J connectivity index is 1.96. The molecule has 1 aromatic heterocycles.